The van der Waals surface area contributed by atoms with E-state index >= 15 is 0 Å². The summed E-state index contributed by atoms with van der Waals surface area (Å²) in [7, 11) is 0. The second-order valence-corrected chi connectivity index (χ2v) is 5.58. The first-order chi connectivity index (χ1) is 11.4. The van der Waals surface area contributed by atoms with Gasteiger partial charge in [-0.2, -0.15) is 0 Å². The molecule has 1 saturated heterocycles. The van der Waals surface area contributed by atoms with Gasteiger partial charge in [0.25, 0.3) is 5.89 Å². The monoisotopic (exact) mass is 310 g/mol. The fourth-order valence-electron chi connectivity index (χ4n) is 2.81. The van der Waals surface area contributed by atoms with Gasteiger partial charge < -0.3 is 13.7 Å². The molecule has 2 aromatic heterocycles. The number of hydrogen-bond acceptors (Lipinski definition) is 6. The van der Waals surface area contributed by atoms with Crippen LogP contribution < -0.4 is 4.90 Å². The molecule has 0 spiro atoms. The lowest BCUT2D eigenvalue weighted by atomic mass is 10.2. The lowest BCUT2D eigenvalue weighted by Gasteiger charge is -2.35. The Hall–Kier alpha value is -2.60. The number of piperazine rings is 1. The van der Waals surface area contributed by atoms with Crippen molar-refractivity contribution in [3.8, 4) is 11.7 Å². The Balaban J connectivity index is 1.35. The molecule has 0 unspecified atom stereocenters. The Kier molecular flexibility index (Phi) is 3.81. The number of para-hydroxylation sites is 1. The SMILES string of the molecule is c1ccc(N2CCN(Cc3nnc(-c4ccco4)o3)CC2)cc1. The average Bonchev–Trinajstić information content (AvgIpc) is 3.28. The molecule has 3 aromatic rings. The molecule has 0 aliphatic carbocycles. The van der Waals surface area contributed by atoms with Crippen LogP contribution in [0.1, 0.15) is 5.89 Å². The molecule has 0 amide bonds. The molecule has 0 radical (unpaired) electrons. The zero-order valence-corrected chi connectivity index (χ0v) is 12.8. The molecule has 0 saturated carbocycles. The first-order valence-electron chi connectivity index (χ1n) is 7.77. The standard InChI is InChI=1S/C17H18N4O2/c1-2-5-14(6-3-1)21-10-8-20(9-11-21)13-16-18-19-17(23-16)15-7-4-12-22-15/h1-7,12H,8-11,13H2. The molecular weight excluding hydrogens is 292 g/mol. The van der Waals surface area contributed by atoms with Crippen LogP contribution in [-0.4, -0.2) is 41.3 Å². The first kappa shape index (κ1) is 14.0. The van der Waals surface area contributed by atoms with Crippen LogP contribution in [0.3, 0.4) is 0 Å². The van der Waals surface area contributed by atoms with Gasteiger partial charge in [0.2, 0.25) is 5.89 Å². The van der Waals surface area contributed by atoms with Crippen LogP contribution in [0.5, 0.6) is 0 Å². The summed E-state index contributed by atoms with van der Waals surface area (Å²) in [6.07, 6.45) is 1.60. The molecule has 1 aliphatic rings. The summed E-state index contributed by atoms with van der Waals surface area (Å²) < 4.78 is 10.9. The first-order valence-corrected chi connectivity index (χ1v) is 7.77. The third-order valence-corrected chi connectivity index (χ3v) is 4.05. The molecule has 6 heteroatoms. The quantitative estimate of drug-likeness (QED) is 0.738. The third-order valence-electron chi connectivity index (χ3n) is 4.05. The summed E-state index contributed by atoms with van der Waals surface area (Å²) in [6.45, 7) is 4.64. The summed E-state index contributed by atoms with van der Waals surface area (Å²) in [5.41, 5.74) is 1.28. The molecule has 1 fully saturated rings. The minimum Gasteiger partial charge on any atom is -0.459 e. The number of nitrogens with zero attached hydrogens (tertiary/aromatic N) is 4. The maximum absolute atomic E-state index is 5.67. The van der Waals surface area contributed by atoms with Gasteiger partial charge in [0.15, 0.2) is 5.76 Å². The highest BCUT2D eigenvalue weighted by Crippen LogP contribution is 2.20. The van der Waals surface area contributed by atoms with Crippen molar-refractivity contribution in [2.45, 2.75) is 6.54 Å². The van der Waals surface area contributed by atoms with E-state index in [-0.39, 0.29) is 0 Å². The average molecular weight is 310 g/mol. The topological polar surface area (TPSA) is 58.5 Å². The molecule has 3 heterocycles. The van der Waals surface area contributed by atoms with Crippen molar-refractivity contribution in [2.75, 3.05) is 31.1 Å². The van der Waals surface area contributed by atoms with Crippen molar-refractivity contribution < 1.29 is 8.83 Å². The zero-order chi connectivity index (χ0) is 15.5. The van der Waals surface area contributed by atoms with E-state index < -0.39 is 0 Å². The molecule has 23 heavy (non-hydrogen) atoms. The van der Waals surface area contributed by atoms with Crippen molar-refractivity contribution in [3.63, 3.8) is 0 Å². The number of rotatable bonds is 4. The summed E-state index contributed by atoms with van der Waals surface area (Å²) in [6, 6.07) is 14.1. The fourth-order valence-corrected chi connectivity index (χ4v) is 2.81. The van der Waals surface area contributed by atoms with Crippen molar-refractivity contribution in [3.05, 3.63) is 54.6 Å². The van der Waals surface area contributed by atoms with Crippen LogP contribution in [0.25, 0.3) is 11.7 Å². The Morgan fingerprint density at radius 2 is 1.74 bits per heavy atom. The predicted octanol–water partition coefficient (Wildman–Crippen LogP) is 2.65. The van der Waals surface area contributed by atoms with Crippen LogP contribution in [0.4, 0.5) is 5.69 Å². The molecule has 4 rings (SSSR count). The highest BCUT2D eigenvalue weighted by atomic mass is 16.4. The molecule has 0 atom stereocenters. The number of furan rings is 1. The number of hydrogen-bond donors (Lipinski definition) is 0. The Bertz CT molecular complexity index is 731. The van der Waals surface area contributed by atoms with Crippen molar-refractivity contribution in [1.82, 2.24) is 15.1 Å². The van der Waals surface area contributed by atoms with Gasteiger partial charge in [-0.25, -0.2) is 0 Å². The lowest BCUT2D eigenvalue weighted by molar-refractivity contribution is 0.226. The summed E-state index contributed by atoms with van der Waals surface area (Å²) >= 11 is 0. The highest BCUT2D eigenvalue weighted by Gasteiger charge is 2.19. The van der Waals surface area contributed by atoms with Crippen LogP contribution in [0.15, 0.2) is 57.6 Å². The van der Waals surface area contributed by atoms with Gasteiger partial charge in [0.1, 0.15) is 0 Å². The summed E-state index contributed by atoms with van der Waals surface area (Å²) in [4.78, 5) is 4.73. The number of anilines is 1. The Labute approximate surface area is 134 Å². The van der Waals surface area contributed by atoms with Crippen LogP contribution in [-0.2, 0) is 6.54 Å². The van der Waals surface area contributed by atoms with E-state index in [9.17, 15) is 0 Å². The second kappa shape index (κ2) is 6.26. The Morgan fingerprint density at radius 1 is 0.913 bits per heavy atom. The number of aromatic nitrogens is 2. The Morgan fingerprint density at radius 3 is 2.48 bits per heavy atom. The molecule has 1 aromatic carbocycles. The molecule has 6 nitrogen and oxygen atoms in total. The van der Waals surface area contributed by atoms with Gasteiger partial charge in [-0.3, -0.25) is 4.90 Å². The van der Waals surface area contributed by atoms with Gasteiger partial charge in [0.05, 0.1) is 12.8 Å². The van der Waals surface area contributed by atoms with E-state index in [0.717, 1.165) is 26.2 Å². The molecule has 1 aliphatic heterocycles. The minimum absolute atomic E-state index is 0.438. The zero-order valence-electron chi connectivity index (χ0n) is 12.8. The minimum atomic E-state index is 0.438. The lowest BCUT2D eigenvalue weighted by Crippen LogP contribution is -2.46. The maximum Gasteiger partial charge on any atom is 0.283 e. The van der Waals surface area contributed by atoms with Crippen molar-refractivity contribution >= 4 is 5.69 Å². The van der Waals surface area contributed by atoms with E-state index in [0.29, 0.717) is 24.1 Å². The van der Waals surface area contributed by atoms with Gasteiger partial charge in [0, 0.05) is 31.9 Å². The van der Waals surface area contributed by atoms with Gasteiger partial charge in [-0.05, 0) is 24.3 Å². The van der Waals surface area contributed by atoms with Crippen LogP contribution >= 0.6 is 0 Å². The third kappa shape index (κ3) is 3.12. The maximum atomic E-state index is 5.67. The van der Waals surface area contributed by atoms with E-state index in [4.69, 9.17) is 8.83 Å². The van der Waals surface area contributed by atoms with Crippen molar-refractivity contribution in [2.24, 2.45) is 0 Å². The summed E-state index contributed by atoms with van der Waals surface area (Å²) in [5, 5.41) is 8.15. The van der Waals surface area contributed by atoms with Crippen LogP contribution in [0.2, 0.25) is 0 Å². The molecule has 0 N–H and O–H groups in total. The van der Waals surface area contributed by atoms with Crippen molar-refractivity contribution in [1.29, 1.82) is 0 Å². The van der Waals surface area contributed by atoms with E-state index in [1.54, 1.807) is 6.26 Å². The molecule has 0 bridgehead atoms. The largest absolute Gasteiger partial charge is 0.459 e. The predicted molar refractivity (Wildman–Crippen MR) is 85.9 cm³/mol. The fraction of sp³-hybridized carbons (Fsp3) is 0.294. The van der Waals surface area contributed by atoms with Gasteiger partial charge >= 0.3 is 0 Å². The summed E-state index contributed by atoms with van der Waals surface area (Å²) in [5.74, 6) is 1.68. The smallest absolute Gasteiger partial charge is 0.283 e. The van der Waals surface area contributed by atoms with Gasteiger partial charge in [-0.1, -0.05) is 18.2 Å². The highest BCUT2D eigenvalue weighted by molar-refractivity contribution is 5.46. The van der Waals surface area contributed by atoms with E-state index in [1.807, 2.05) is 18.2 Å². The normalized spacial score (nSPS) is 15.9. The molecule has 118 valence electrons. The van der Waals surface area contributed by atoms with Gasteiger partial charge in [-0.15, -0.1) is 10.2 Å². The second-order valence-electron chi connectivity index (χ2n) is 5.58. The number of benzene rings is 1. The van der Waals surface area contributed by atoms with Crippen LogP contribution in [0, 0.1) is 0 Å². The molecular formula is C17H18N4O2. The van der Waals surface area contributed by atoms with E-state index in [1.165, 1.54) is 5.69 Å². The van der Waals surface area contributed by atoms with E-state index in [2.05, 4.69) is 44.3 Å².